The van der Waals surface area contributed by atoms with E-state index in [1.807, 2.05) is 25.2 Å². The van der Waals surface area contributed by atoms with Gasteiger partial charge in [0.05, 0.1) is 35.4 Å². The Bertz CT molecular complexity index is 1590. The number of amides is 1. The summed E-state index contributed by atoms with van der Waals surface area (Å²) in [6, 6.07) is 10.3. The van der Waals surface area contributed by atoms with E-state index in [-0.39, 0.29) is 22.9 Å². The van der Waals surface area contributed by atoms with Crippen molar-refractivity contribution >= 4 is 34.0 Å². The Hall–Kier alpha value is -4.62. The van der Waals surface area contributed by atoms with Crippen molar-refractivity contribution in [2.75, 3.05) is 57.0 Å². The standard InChI is InChI=1S/C30H34F2N8O3/c1-4-29(41)37-23-15-24(27(43-30(31)32)17-26(23)42-13-5-8-40-11-9-38(2)10-12-40)36-28-16-22(33-19-34-28)20-6-7-25-21(14-20)18-35-39(25)3/h4,6-7,14-19,30H,1,5,8-13H2,2-3H3,(H,37,41)(H,33,34,36). The molecule has 0 spiro atoms. The van der Waals surface area contributed by atoms with Gasteiger partial charge < -0.3 is 29.9 Å². The molecule has 1 aliphatic heterocycles. The molecule has 0 aliphatic carbocycles. The number of aromatic nitrogens is 4. The maximum Gasteiger partial charge on any atom is 0.387 e. The van der Waals surface area contributed by atoms with Crippen LogP contribution in [0.15, 0.2) is 61.6 Å². The molecule has 11 nitrogen and oxygen atoms in total. The highest BCUT2D eigenvalue weighted by Gasteiger charge is 2.19. The smallest absolute Gasteiger partial charge is 0.387 e. The van der Waals surface area contributed by atoms with Crippen LogP contribution in [0.2, 0.25) is 0 Å². The zero-order valence-electron chi connectivity index (χ0n) is 24.1. The minimum Gasteiger partial charge on any atom is -0.491 e. The number of nitrogens with zero attached hydrogens (tertiary/aromatic N) is 6. The fraction of sp³-hybridized carbons (Fsp3) is 0.333. The molecule has 4 aromatic rings. The van der Waals surface area contributed by atoms with E-state index in [1.165, 1.54) is 18.5 Å². The van der Waals surface area contributed by atoms with Gasteiger partial charge in [0.1, 0.15) is 17.9 Å². The summed E-state index contributed by atoms with van der Waals surface area (Å²) in [4.78, 5) is 25.5. The number of rotatable bonds is 12. The van der Waals surface area contributed by atoms with Crippen LogP contribution < -0.4 is 20.1 Å². The lowest BCUT2D eigenvalue weighted by atomic mass is 10.1. The molecule has 2 aromatic heterocycles. The molecule has 2 aromatic carbocycles. The Morgan fingerprint density at radius 3 is 2.65 bits per heavy atom. The van der Waals surface area contributed by atoms with Gasteiger partial charge in [0, 0.05) is 62.9 Å². The number of nitrogens with one attached hydrogen (secondary N) is 2. The Morgan fingerprint density at radius 1 is 1.07 bits per heavy atom. The number of carbonyl (C=O) groups is 1. The predicted octanol–water partition coefficient (Wildman–Crippen LogP) is 4.52. The number of carbonyl (C=O) groups excluding carboxylic acids is 1. The van der Waals surface area contributed by atoms with Crippen LogP contribution in [0.25, 0.3) is 22.2 Å². The summed E-state index contributed by atoms with van der Waals surface area (Å²) in [5.74, 6) is -0.122. The van der Waals surface area contributed by atoms with E-state index in [0.29, 0.717) is 18.1 Å². The quantitative estimate of drug-likeness (QED) is 0.181. The average Bonchev–Trinajstić information content (AvgIpc) is 3.37. The van der Waals surface area contributed by atoms with Gasteiger partial charge in [-0.15, -0.1) is 0 Å². The maximum atomic E-state index is 13.5. The number of alkyl halides is 2. The molecule has 0 unspecified atom stereocenters. The first-order valence-corrected chi connectivity index (χ1v) is 13.9. The van der Waals surface area contributed by atoms with Crippen molar-refractivity contribution < 1.29 is 23.0 Å². The largest absolute Gasteiger partial charge is 0.491 e. The molecule has 1 aliphatic rings. The van der Waals surface area contributed by atoms with Gasteiger partial charge in [-0.25, -0.2) is 9.97 Å². The lowest BCUT2D eigenvalue weighted by molar-refractivity contribution is -0.111. The number of piperazine rings is 1. The van der Waals surface area contributed by atoms with Gasteiger partial charge in [-0.2, -0.15) is 13.9 Å². The highest BCUT2D eigenvalue weighted by Crippen LogP contribution is 2.39. The highest BCUT2D eigenvalue weighted by molar-refractivity contribution is 6.00. The van der Waals surface area contributed by atoms with Gasteiger partial charge in [-0.3, -0.25) is 9.48 Å². The molecule has 0 bridgehead atoms. The number of hydrogen-bond acceptors (Lipinski definition) is 9. The molecular weight excluding hydrogens is 558 g/mol. The van der Waals surface area contributed by atoms with Gasteiger partial charge in [0.15, 0.2) is 5.75 Å². The molecule has 3 heterocycles. The third-order valence-electron chi connectivity index (χ3n) is 7.19. The average molecular weight is 593 g/mol. The highest BCUT2D eigenvalue weighted by atomic mass is 19.3. The third kappa shape index (κ3) is 7.62. The van der Waals surface area contributed by atoms with E-state index < -0.39 is 12.5 Å². The molecule has 1 saturated heterocycles. The first kappa shape index (κ1) is 29.9. The van der Waals surface area contributed by atoms with E-state index in [2.05, 4.69) is 49.1 Å². The number of likely N-dealkylation sites (N-methyl/N-ethyl adjacent to an activating group) is 1. The maximum absolute atomic E-state index is 13.5. The Labute approximate surface area is 248 Å². The van der Waals surface area contributed by atoms with E-state index in [9.17, 15) is 13.6 Å². The number of anilines is 3. The minimum absolute atomic E-state index is 0.150. The molecule has 0 radical (unpaired) electrons. The van der Waals surface area contributed by atoms with E-state index in [0.717, 1.165) is 61.7 Å². The Kier molecular flexibility index (Phi) is 9.42. The summed E-state index contributed by atoms with van der Waals surface area (Å²) >= 11 is 0. The lowest BCUT2D eigenvalue weighted by Crippen LogP contribution is -2.44. The van der Waals surface area contributed by atoms with Crippen LogP contribution in [0.3, 0.4) is 0 Å². The predicted molar refractivity (Wildman–Crippen MR) is 161 cm³/mol. The summed E-state index contributed by atoms with van der Waals surface area (Å²) < 4.78 is 39.5. The van der Waals surface area contributed by atoms with Crippen molar-refractivity contribution in [2.45, 2.75) is 13.0 Å². The Balaban J connectivity index is 1.37. The van der Waals surface area contributed by atoms with E-state index in [1.54, 1.807) is 16.9 Å². The second-order valence-electron chi connectivity index (χ2n) is 10.2. The first-order chi connectivity index (χ1) is 20.8. The fourth-order valence-electron chi connectivity index (χ4n) is 4.84. The molecule has 2 N–H and O–H groups in total. The SMILES string of the molecule is C=CC(=O)Nc1cc(Nc2cc(-c3ccc4c(cnn4C)c3)ncn2)c(OC(F)F)cc1OCCCN1CCN(C)CC1. The summed E-state index contributed by atoms with van der Waals surface area (Å²) in [5.41, 5.74) is 2.83. The molecule has 0 saturated carbocycles. The second kappa shape index (κ2) is 13.6. The molecular formula is C30H34F2N8O3. The van der Waals surface area contributed by atoms with E-state index >= 15 is 0 Å². The van der Waals surface area contributed by atoms with Crippen LogP contribution in [0.4, 0.5) is 26.0 Å². The number of halogens is 2. The van der Waals surface area contributed by atoms with Crippen LogP contribution in [0.5, 0.6) is 11.5 Å². The van der Waals surface area contributed by atoms with Crippen LogP contribution >= 0.6 is 0 Å². The van der Waals surface area contributed by atoms with Crippen molar-refractivity contribution in [1.82, 2.24) is 29.5 Å². The van der Waals surface area contributed by atoms with Crippen LogP contribution in [-0.2, 0) is 11.8 Å². The van der Waals surface area contributed by atoms with Crippen molar-refractivity contribution in [3.05, 3.63) is 61.6 Å². The van der Waals surface area contributed by atoms with Gasteiger partial charge in [0.2, 0.25) is 5.91 Å². The molecule has 226 valence electrons. The molecule has 5 rings (SSSR count). The van der Waals surface area contributed by atoms with E-state index in [4.69, 9.17) is 9.47 Å². The topological polar surface area (TPSA) is 110 Å². The number of ether oxygens (including phenoxy) is 2. The summed E-state index contributed by atoms with van der Waals surface area (Å²) in [6.07, 6.45) is 4.97. The minimum atomic E-state index is -3.09. The normalized spacial score (nSPS) is 14.2. The van der Waals surface area contributed by atoms with Crippen LogP contribution in [0.1, 0.15) is 6.42 Å². The zero-order chi connectivity index (χ0) is 30.3. The van der Waals surface area contributed by atoms with Crippen LogP contribution in [0, 0.1) is 0 Å². The fourth-order valence-corrected chi connectivity index (χ4v) is 4.84. The van der Waals surface area contributed by atoms with Crippen molar-refractivity contribution in [3.8, 4) is 22.8 Å². The van der Waals surface area contributed by atoms with Crippen molar-refractivity contribution in [3.63, 3.8) is 0 Å². The van der Waals surface area contributed by atoms with Crippen molar-refractivity contribution in [1.29, 1.82) is 0 Å². The summed E-state index contributed by atoms with van der Waals surface area (Å²) in [6.45, 7) is 5.54. The number of fused-ring (bicyclic) bond motifs is 1. The zero-order valence-corrected chi connectivity index (χ0v) is 24.1. The van der Waals surface area contributed by atoms with Crippen LogP contribution in [-0.4, -0.2) is 88.4 Å². The summed E-state index contributed by atoms with van der Waals surface area (Å²) in [5, 5.41) is 10.9. The summed E-state index contributed by atoms with van der Waals surface area (Å²) in [7, 11) is 3.97. The lowest BCUT2D eigenvalue weighted by Gasteiger charge is -2.32. The molecule has 0 atom stereocenters. The molecule has 43 heavy (non-hydrogen) atoms. The van der Waals surface area contributed by atoms with Gasteiger partial charge in [-0.05, 0) is 37.7 Å². The van der Waals surface area contributed by atoms with Crippen molar-refractivity contribution in [2.24, 2.45) is 7.05 Å². The van der Waals surface area contributed by atoms with Gasteiger partial charge in [0.25, 0.3) is 0 Å². The number of benzene rings is 2. The van der Waals surface area contributed by atoms with Gasteiger partial charge in [-0.1, -0.05) is 12.6 Å². The first-order valence-electron chi connectivity index (χ1n) is 13.9. The third-order valence-corrected chi connectivity index (χ3v) is 7.19. The molecule has 13 heteroatoms. The monoisotopic (exact) mass is 592 g/mol. The second-order valence-corrected chi connectivity index (χ2v) is 10.2. The Morgan fingerprint density at radius 2 is 1.88 bits per heavy atom. The number of aryl methyl sites for hydroxylation is 1. The number of hydrogen-bond donors (Lipinski definition) is 2. The van der Waals surface area contributed by atoms with Gasteiger partial charge >= 0.3 is 6.61 Å². The molecule has 1 amide bonds. The molecule has 1 fully saturated rings.